The van der Waals surface area contributed by atoms with Crippen molar-refractivity contribution in [3.05, 3.63) is 0 Å². The molecule has 0 aromatic rings. The lowest BCUT2D eigenvalue weighted by Crippen LogP contribution is -2.46. The fraction of sp³-hybridized carbons (Fsp3) is 0.882. The highest BCUT2D eigenvalue weighted by Crippen LogP contribution is 2.49. The van der Waals surface area contributed by atoms with Gasteiger partial charge in [-0.15, -0.1) is 0 Å². The summed E-state index contributed by atoms with van der Waals surface area (Å²) in [6, 6.07) is 0. The average Bonchev–Trinajstić information content (AvgIpc) is 3.39. The molecule has 3 fully saturated rings. The zero-order valence-electron chi connectivity index (χ0n) is 13.2. The van der Waals surface area contributed by atoms with Gasteiger partial charge in [0.1, 0.15) is 0 Å². The SMILES string of the molecule is CCCC1(CNC(=O)C2CCCN(C(=O)C3CC3)C2)CC1. The molecule has 1 heterocycles. The van der Waals surface area contributed by atoms with Crippen LogP contribution in [-0.2, 0) is 9.59 Å². The van der Waals surface area contributed by atoms with Crippen LogP contribution in [0.3, 0.4) is 0 Å². The van der Waals surface area contributed by atoms with Gasteiger partial charge in [0.2, 0.25) is 11.8 Å². The summed E-state index contributed by atoms with van der Waals surface area (Å²) in [5.41, 5.74) is 0.405. The van der Waals surface area contributed by atoms with E-state index in [-0.39, 0.29) is 23.7 Å². The highest BCUT2D eigenvalue weighted by molar-refractivity contribution is 5.83. The molecule has 0 bridgehead atoms. The molecule has 1 aliphatic heterocycles. The normalized spacial score (nSPS) is 27.3. The lowest BCUT2D eigenvalue weighted by Gasteiger charge is -2.32. The van der Waals surface area contributed by atoms with Crippen LogP contribution in [0.4, 0.5) is 0 Å². The minimum atomic E-state index is 0.0128. The molecule has 1 N–H and O–H groups in total. The Balaban J connectivity index is 1.46. The zero-order chi connectivity index (χ0) is 14.9. The van der Waals surface area contributed by atoms with Crippen molar-refractivity contribution >= 4 is 11.8 Å². The third-order valence-electron chi connectivity index (χ3n) is 5.41. The Hall–Kier alpha value is -1.06. The molecule has 3 aliphatic rings. The van der Waals surface area contributed by atoms with Gasteiger partial charge < -0.3 is 10.2 Å². The molecule has 0 radical (unpaired) electrons. The Kier molecular flexibility index (Phi) is 4.23. The lowest BCUT2D eigenvalue weighted by molar-refractivity contribution is -0.136. The summed E-state index contributed by atoms with van der Waals surface area (Å²) < 4.78 is 0. The number of hydrogen-bond donors (Lipinski definition) is 1. The third-order valence-corrected chi connectivity index (χ3v) is 5.41. The quantitative estimate of drug-likeness (QED) is 0.817. The maximum absolute atomic E-state index is 12.4. The van der Waals surface area contributed by atoms with Crippen molar-refractivity contribution in [3.63, 3.8) is 0 Å². The maximum Gasteiger partial charge on any atom is 0.225 e. The van der Waals surface area contributed by atoms with Crippen molar-refractivity contribution in [2.45, 2.75) is 58.3 Å². The Bertz CT molecular complexity index is 413. The Morgan fingerprint density at radius 1 is 1.19 bits per heavy atom. The first kappa shape index (κ1) is 14.9. The molecule has 4 nitrogen and oxygen atoms in total. The predicted octanol–water partition coefficient (Wildman–Crippen LogP) is 2.33. The van der Waals surface area contributed by atoms with Gasteiger partial charge in [0.15, 0.2) is 0 Å². The summed E-state index contributed by atoms with van der Waals surface area (Å²) in [5, 5.41) is 3.17. The van der Waals surface area contributed by atoms with E-state index in [0.717, 1.165) is 38.8 Å². The van der Waals surface area contributed by atoms with E-state index in [4.69, 9.17) is 0 Å². The molecular formula is C17H28N2O2. The van der Waals surface area contributed by atoms with E-state index < -0.39 is 0 Å². The molecule has 1 saturated heterocycles. The molecule has 0 spiro atoms. The smallest absolute Gasteiger partial charge is 0.225 e. The van der Waals surface area contributed by atoms with E-state index in [1.165, 1.54) is 25.7 Å². The van der Waals surface area contributed by atoms with Gasteiger partial charge in [-0.05, 0) is 50.4 Å². The molecule has 1 atom stereocenters. The predicted molar refractivity (Wildman–Crippen MR) is 81.6 cm³/mol. The second kappa shape index (κ2) is 5.98. The summed E-state index contributed by atoms with van der Waals surface area (Å²) in [6.07, 6.45) is 8.94. The monoisotopic (exact) mass is 292 g/mol. The van der Waals surface area contributed by atoms with Crippen LogP contribution >= 0.6 is 0 Å². The number of likely N-dealkylation sites (tertiary alicyclic amines) is 1. The van der Waals surface area contributed by atoms with Crippen molar-refractivity contribution in [3.8, 4) is 0 Å². The molecule has 4 heteroatoms. The van der Waals surface area contributed by atoms with Crippen LogP contribution < -0.4 is 5.32 Å². The van der Waals surface area contributed by atoms with E-state index in [2.05, 4.69) is 12.2 Å². The summed E-state index contributed by atoms with van der Waals surface area (Å²) in [5.74, 6) is 0.743. The molecule has 118 valence electrons. The van der Waals surface area contributed by atoms with Crippen LogP contribution in [0.25, 0.3) is 0 Å². The molecule has 3 rings (SSSR count). The summed E-state index contributed by atoms with van der Waals surface area (Å²) in [4.78, 5) is 26.5. The van der Waals surface area contributed by atoms with Gasteiger partial charge in [0, 0.05) is 25.6 Å². The van der Waals surface area contributed by atoms with E-state index in [9.17, 15) is 9.59 Å². The number of carbonyl (C=O) groups excluding carboxylic acids is 2. The van der Waals surface area contributed by atoms with Gasteiger partial charge in [0.25, 0.3) is 0 Å². The standard InChI is InChI=1S/C17H28N2O2/c1-2-7-17(8-9-17)12-18-15(20)14-4-3-10-19(11-14)16(21)13-5-6-13/h13-14H,2-12H2,1H3,(H,18,20). The van der Waals surface area contributed by atoms with Crippen LogP contribution in [0.5, 0.6) is 0 Å². The molecule has 2 aliphatic carbocycles. The number of hydrogen-bond acceptors (Lipinski definition) is 2. The second-order valence-electron chi connectivity index (χ2n) is 7.37. The molecule has 21 heavy (non-hydrogen) atoms. The fourth-order valence-electron chi connectivity index (χ4n) is 3.62. The van der Waals surface area contributed by atoms with Gasteiger partial charge in [-0.2, -0.15) is 0 Å². The van der Waals surface area contributed by atoms with Crippen molar-refractivity contribution in [2.75, 3.05) is 19.6 Å². The van der Waals surface area contributed by atoms with Crippen molar-refractivity contribution in [1.29, 1.82) is 0 Å². The highest BCUT2D eigenvalue weighted by atomic mass is 16.2. The Morgan fingerprint density at radius 2 is 1.95 bits per heavy atom. The molecular weight excluding hydrogens is 264 g/mol. The Morgan fingerprint density at radius 3 is 2.57 bits per heavy atom. The first-order valence-corrected chi connectivity index (χ1v) is 8.70. The summed E-state index contributed by atoms with van der Waals surface area (Å²) >= 11 is 0. The van der Waals surface area contributed by atoms with E-state index in [0.29, 0.717) is 12.0 Å². The largest absolute Gasteiger partial charge is 0.355 e. The zero-order valence-corrected chi connectivity index (χ0v) is 13.2. The van der Waals surface area contributed by atoms with Crippen molar-refractivity contribution in [1.82, 2.24) is 10.2 Å². The van der Waals surface area contributed by atoms with Crippen LogP contribution in [-0.4, -0.2) is 36.3 Å². The third kappa shape index (κ3) is 3.58. The summed E-state index contributed by atoms with van der Waals surface area (Å²) in [6.45, 7) is 4.54. The lowest BCUT2D eigenvalue weighted by atomic mass is 9.95. The fourth-order valence-corrected chi connectivity index (χ4v) is 3.62. The molecule has 2 saturated carbocycles. The minimum Gasteiger partial charge on any atom is -0.355 e. The summed E-state index contributed by atoms with van der Waals surface area (Å²) in [7, 11) is 0. The van der Waals surface area contributed by atoms with Crippen LogP contribution in [0.15, 0.2) is 0 Å². The van der Waals surface area contributed by atoms with Crippen LogP contribution in [0.1, 0.15) is 58.3 Å². The van der Waals surface area contributed by atoms with Crippen molar-refractivity contribution in [2.24, 2.45) is 17.3 Å². The highest BCUT2D eigenvalue weighted by Gasteiger charge is 2.42. The number of amides is 2. The second-order valence-corrected chi connectivity index (χ2v) is 7.37. The number of nitrogens with zero attached hydrogens (tertiary/aromatic N) is 1. The van der Waals surface area contributed by atoms with Crippen LogP contribution in [0.2, 0.25) is 0 Å². The van der Waals surface area contributed by atoms with Gasteiger partial charge in [0.05, 0.1) is 5.92 Å². The number of carbonyl (C=O) groups is 2. The molecule has 0 aromatic heterocycles. The molecule has 0 aromatic carbocycles. The van der Waals surface area contributed by atoms with Gasteiger partial charge in [-0.25, -0.2) is 0 Å². The topological polar surface area (TPSA) is 49.4 Å². The van der Waals surface area contributed by atoms with Crippen LogP contribution in [0, 0.1) is 17.3 Å². The first-order chi connectivity index (χ1) is 10.1. The van der Waals surface area contributed by atoms with E-state index in [1.54, 1.807) is 0 Å². The minimum absolute atomic E-state index is 0.0128. The number of rotatable bonds is 6. The van der Waals surface area contributed by atoms with E-state index >= 15 is 0 Å². The van der Waals surface area contributed by atoms with Gasteiger partial charge >= 0.3 is 0 Å². The molecule has 1 unspecified atom stereocenters. The van der Waals surface area contributed by atoms with Gasteiger partial charge in [-0.3, -0.25) is 9.59 Å². The number of piperidine rings is 1. The van der Waals surface area contributed by atoms with E-state index in [1.807, 2.05) is 4.90 Å². The van der Waals surface area contributed by atoms with Gasteiger partial charge in [-0.1, -0.05) is 13.3 Å². The maximum atomic E-state index is 12.4. The average molecular weight is 292 g/mol. The molecule has 2 amide bonds. The van der Waals surface area contributed by atoms with Crippen molar-refractivity contribution < 1.29 is 9.59 Å². The first-order valence-electron chi connectivity index (χ1n) is 8.70. The number of nitrogens with one attached hydrogen (secondary N) is 1. The Labute approximate surface area is 127 Å².